The normalized spacial score (nSPS) is 16.5. The SMILES string of the molecule is CN=C(C)C(C)=C(C)C(C)(C)C(C)(C)C. The molecule has 0 atom stereocenters. The molecule has 0 N–H and O–H groups in total. The predicted octanol–water partition coefficient (Wildman–Crippen LogP) is 4.49. The van der Waals surface area contributed by atoms with E-state index in [9.17, 15) is 0 Å². The molecule has 0 bridgehead atoms. The molecule has 0 aromatic rings. The van der Waals surface area contributed by atoms with Gasteiger partial charge in [-0.2, -0.15) is 0 Å². The van der Waals surface area contributed by atoms with E-state index in [1.54, 1.807) is 0 Å². The first kappa shape index (κ1) is 14.4. The van der Waals surface area contributed by atoms with E-state index in [2.05, 4.69) is 60.4 Å². The van der Waals surface area contributed by atoms with Gasteiger partial charge in [0.15, 0.2) is 0 Å². The highest BCUT2D eigenvalue weighted by Crippen LogP contribution is 2.44. The highest BCUT2D eigenvalue weighted by Gasteiger charge is 2.35. The molecule has 0 rings (SSSR count). The van der Waals surface area contributed by atoms with Gasteiger partial charge in [0, 0.05) is 12.8 Å². The molecule has 0 saturated carbocycles. The molecule has 0 aliphatic heterocycles. The number of aliphatic imine (C=N–C) groups is 1. The van der Waals surface area contributed by atoms with Crippen molar-refractivity contribution < 1.29 is 0 Å². The van der Waals surface area contributed by atoms with Crippen LogP contribution in [0, 0.1) is 10.8 Å². The molecule has 0 radical (unpaired) electrons. The molecule has 0 spiro atoms. The number of nitrogens with zero attached hydrogens (tertiary/aromatic N) is 1. The van der Waals surface area contributed by atoms with Gasteiger partial charge in [-0.25, -0.2) is 0 Å². The number of allylic oxidation sites excluding steroid dienone is 2. The molecule has 88 valence electrons. The Balaban J connectivity index is 5.43. The minimum Gasteiger partial charge on any atom is -0.293 e. The summed E-state index contributed by atoms with van der Waals surface area (Å²) < 4.78 is 0. The molecule has 15 heavy (non-hydrogen) atoms. The van der Waals surface area contributed by atoms with Crippen molar-refractivity contribution in [2.75, 3.05) is 7.05 Å². The Morgan fingerprint density at radius 3 is 1.53 bits per heavy atom. The molecule has 0 aliphatic rings. The molecule has 0 heterocycles. The van der Waals surface area contributed by atoms with Gasteiger partial charge in [-0.1, -0.05) is 40.2 Å². The molecular formula is C14H27N. The minimum absolute atomic E-state index is 0.197. The molecule has 1 heteroatoms. The second kappa shape index (κ2) is 4.51. The van der Waals surface area contributed by atoms with Crippen molar-refractivity contribution in [1.29, 1.82) is 0 Å². The summed E-state index contributed by atoms with van der Waals surface area (Å²) in [7, 11) is 1.86. The van der Waals surface area contributed by atoms with Gasteiger partial charge in [0.1, 0.15) is 0 Å². The van der Waals surface area contributed by atoms with E-state index in [4.69, 9.17) is 0 Å². The third-order valence-electron chi connectivity index (χ3n) is 4.25. The van der Waals surface area contributed by atoms with Crippen LogP contribution in [-0.2, 0) is 0 Å². The van der Waals surface area contributed by atoms with Crippen molar-refractivity contribution >= 4 is 5.71 Å². The van der Waals surface area contributed by atoms with Gasteiger partial charge in [0.05, 0.1) is 0 Å². The fraction of sp³-hybridized carbons (Fsp3) is 0.786. The lowest BCUT2D eigenvalue weighted by Crippen LogP contribution is -2.31. The Morgan fingerprint density at radius 1 is 0.867 bits per heavy atom. The third-order valence-corrected chi connectivity index (χ3v) is 4.25. The van der Waals surface area contributed by atoms with Gasteiger partial charge >= 0.3 is 0 Å². The van der Waals surface area contributed by atoms with Crippen LogP contribution in [0.3, 0.4) is 0 Å². The third kappa shape index (κ3) is 2.93. The maximum Gasteiger partial charge on any atom is 0.0342 e. The quantitative estimate of drug-likeness (QED) is 0.594. The van der Waals surface area contributed by atoms with E-state index in [-0.39, 0.29) is 10.8 Å². The molecular weight excluding hydrogens is 182 g/mol. The van der Waals surface area contributed by atoms with Crippen LogP contribution in [0.1, 0.15) is 55.4 Å². The lowest BCUT2D eigenvalue weighted by Gasteiger charge is -2.41. The highest BCUT2D eigenvalue weighted by atomic mass is 14.7. The standard InChI is InChI=1S/C14H27N/c1-10(12(3)15-9)11(2)14(7,8)13(4,5)6/h1-9H3. The predicted molar refractivity (Wildman–Crippen MR) is 70.6 cm³/mol. The summed E-state index contributed by atoms with van der Waals surface area (Å²) in [5.41, 5.74) is 4.38. The van der Waals surface area contributed by atoms with Gasteiger partial charge < -0.3 is 0 Å². The van der Waals surface area contributed by atoms with Crippen molar-refractivity contribution in [1.82, 2.24) is 0 Å². The van der Waals surface area contributed by atoms with E-state index in [1.807, 2.05) is 7.05 Å². The Hall–Kier alpha value is -0.590. The van der Waals surface area contributed by atoms with Crippen LogP contribution >= 0.6 is 0 Å². The maximum absolute atomic E-state index is 4.26. The monoisotopic (exact) mass is 209 g/mol. The van der Waals surface area contributed by atoms with Crippen molar-refractivity contribution in [3.8, 4) is 0 Å². The van der Waals surface area contributed by atoms with Crippen LogP contribution in [0.25, 0.3) is 0 Å². The molecule has 0 aromatic carbocycles. The van der Waals surface area contributed by atoms with Gasteiger partial charge in [0.2, 0.25) is 0 Å². The number of rotatable bonds is 2. The molecule has 0 aliphatic carbocycles. The fourth-order valence-corrected chi connectivity index (χ4v) is 1.47. The van der Waals surface area contributed by atoms with Crippen LogP contribution in [0.5, 0.6) is 0 Å². The minimum atomic E-state index is 0.197. The van der Waals surface area contributed by atoms with Gasteiger partial charge in [0.25, 0.3) is 0 Å². The van der Waals surface area contributed by atoms with E-state index < -0.39 is 0 Å². The maximum atomic E-state index is 4.26. The van der Waals surface area contributed by atoms with Crippen LogP contribution in [0.4, 0.5) is 0 Å². The molecule has 0 amide bonds. The summed E-state index contributed by atoms with van der Waals surface area (Å²) in [5, 5.41) is 0. The zero-order valence-corrected chi connectivity index (χ0v) is 11.9. The van der Waals surface area contributed by atoms with Crippen molar-refractivity contribution in [2.24, 2.45) is 15.8 Å². The first-order valence-electron chi connectivity index (χ1n) is 5.67. The highest BCUT2D eigenvalue weighted by molar-refractivity contribution is 5.98. The first-order valence-corrected chi connectivity index (χ1v) is 5.67. The van der Waals surface area contributed by atoms with Crippen molar-refractivity contribution in [2.45, 2.75) is 55.4 Å². The zero-order chi connectivity index (χ0) is 12.4. The Kier molecular flexibility index (Phi) is 4.33. The number of hydrogen-bond acceptors (Lipinski definition) is 1. The second-order valence-corrected chi connectivity index (χ2v) is 5.93. The van der Waals surface area contributed by atoms with E-state index in [0.29, 0.717) is 0 Å². The summed E-state index contributed by atoms with van der Waals surface area (Å²) in [4.78, 5) is 4.26. The molecule has 1 nitrogen and oxygen atoms in total. The first-order chi connectivity index (χ1) is 6.55. The van der Waals surface area contributed by atoms with E-state index in [0.717, 1.165) is 5.71 Å². The zero-order valence-electron chi connectivity index (χ0n) is 11.9. The lowest BCUT2D eigenvalue weighted by molar-refractivity contribution is 0.176. The summed E-state index contributed by atoms with van der Waals surface area (Å²) in [6, 6.07) is 0. The smallest absolute Gasteiger partial charge is 0.0342 e. The largest absolute Gasteiger partial charge is 0.293 e. The average Bonchev–Trinajstić information content (AvgIpc) is 2.12. The Bertz CT molecular complexity index is 285. The molecule has 0 saturated heterocycles. The summed E-state index contributed by atoms with van der Waals surface area (Å²) >= 11 is 0. The molecule has 0 fully saturated rings. The van der Waals surface area contributed by atoms with Crippen LogP contribution < -0.4 is 0 Å². The Morgan fingerprint density at radius 2 is 1.27 bits per heavy atom. The average molecular weight is 209 g/mol. The van der Waals surface area contributed by atoms with Crippen molar-refractivity contribution in [3.05, 3.63) is 11.1 Å². The number of hydrogen-bond donors (Lipinski definition) is 0. The van der Waals surface area contributed by atoms with Crippen LogP contribution in [-0.4, -0.2) is 12.8 Å². The lowest BCUT2D eigenvalue weighted by atomic mass is 9.64. The van der Waals surface area contributed by atoms with Gasteiger partial charge in [-0.15, -0.1) is 0 Å². The van der Waals surface area contributed by atoms with Crippen molar-refractivity contribution in [3.63, 3.8) is 0 Å². The van der Waals surface area contributed by atoms with E-state index >= 15 is 0 Å². The topological polar surface area (TPSA) is 12.4 Å². The Labute approximate surface area is 95.7 Å². The second-order valence-electron chi connectivity index (χ2n) is 5.93. The summed E-state index contributed by atoms with van der Waals surface area (Å²) in [6.45, 7) is 18.0. The van der Waals surface area contributed by atoms with Crippen LogP contribution in [0.15, 0.2) is 16.1 Å². The fourth-order valence-electron chi connectivity index (χ4n) is 1.47. The van der Waals surface area contributed by atoms with E-state index in [1.165, 1.54) is 11.1 Å². The summed E-state index contributed by atoms with van der Waals surface area (Å²) in [5.74, 6) is 0. The molecule has 0 aromatic heterocycles. The van der Waals surface area contributed by atoms with Gasteiger partial charge in [-0.05, 0) is 37.2 Å². The molecule has 0 unspecified atom stereocenters. The van der Waals surface area contributed by atoms with Crippen LogP contribution in [0.2, 0.25) is 0 Å². The van der Waals surface area contributed by atoms with Gasteiger partial charge in [-0.3, -0.25) is 4.99 Å². The summed E-state index contributed by atoms with van der Waals surface area (Å²) in [6.07, 6.45) is 0.